The van der Waals surface area contributed by atoms with Crippen LogP contribution in [-0.4, -0.2) is 23.2 Å². The molecule has 1 aliphatic carbocycles. The molecular weight excluding hydrogens is 280 g/mol. The molecule has 0 aromatic rings. The summed E-state index contributed by atoms with van der Waals surface area (Å²) in [6.07, 6.45) is 1.14. The van der Waals surface area contributed by atoms with E-state index in [9.17, 15) is 13.6 Å². The summed E-state index contributed by atoms with van der Waals surface area (Å²) in [7, 11) is 0. The minimum Gasteiger partial charge on any atom is -0.352 e. The van der Waals surface area contributed by atoms with E-state index in [1.807, 2.05) is 6.92 Å². The molecule has 1 amide bonds. The van der Waals surface area contributed by atoms with E-state index in [2.05, 4.69) is 21.2 Å². The first-order chi connectivity index (χ1) is 7.48. The molecule has 0 spiro atoms. The first kappa shape index (κ1) is 13.9. The smallest absolute Gasteiger partial charge is 0.248 e. The molecule has 0 aromatic carbocycles. The molecule has 0 bridgehead atoms. The molecule has 1 rings (SSSR count). The molecule has 0 radical (unpaired) electrons. The minimum absolute atomic E-state index is 0.0678. The molecule has 2 nitrogen and oxygen atoms in total. The van der Waals surface area contributed by atoms with Gasteiger partial charge in [0.25, 0.3) is 0 Å². The highest BCUT2D eigenvalue weighted by Crippen LogP contribution is 2.36. The van der Waals surface area contributed by atoms with Crippen molar-refractivity contribution in [3.05, 3.63) is 0 Å². The number of alkyl halides is 3. The normalized spacial score (nSPS) is 22.8. The standard InChI is InChI=1S/C11H18BrF2NO/c1-2-9(7-12)15-10(16)8-3-5-11(13,14)6-4-8/h8-9H,2-7H2,1H3,(H,15,16). The number of nitrogens with one attached hydrogen (secondary N) is 1. The molecule has 1 N–H and O–H groups in total. The van der Waals surface area contributed by atoms with Gasteiger partial charge in [-0.2, -0.15) is 0 Å². The van der Waals surface area contributed by atoms with Gasteiger partial charge < -0.3 is 5.32 Å². The fourth-order valence-electron chi connectivity index (χ4n) is 1.87. The van der Waals surface area contributed by atoms with Crippen LogP contribution in [0.15, 0.2) is 0 Å². The summed E-state index contributed by atoms with van der Waals surface area (Å²) in [5.74, 6) is -2.86. The van der Waals surface area contributed by atoms with Crippen LogP contribution in [0.3, 0.4) is 0 Å². The molecule has 0 saturated heterocycles. The molecule has 0 aliphatic heterocycles. The van der Waals surface area contributed by atoms with Crippen molar-refractivity contribution >= 4 is 21.8 Å². The summed E-state index contributed by atoms with van der Waals surface area (Å²) in [4.78, 5) is 11.8. The Kier molecular flexibility index (Phi) is 5.15. The molecule has 1 atom stereocenters. The quantitative estimate of drug-likeness (QED) is 0.794. The van der Waals surface area contributed by atoms with Crippen LogP contribution < -0.4 is 5.32 Å². The first-order valence-corrected chi connectivity index (χ1v) is 6.85. The van der Waals surface area contributed by atoms with Crippen molar-refractivity contribution in [1.82, 2.24) is 5.32 Å². The van der Waals surface area contributed by atoms with Crippen LogP contribution in [0.2, 0.25) is 0 Å². The Bertz CT molecular complexity index is 234. The molecule has 0 heterocycles. The van der Waals surface area contributed by atoms with Gasteiger partial charge in [0.2, 0.25) is 11.8 Å². The lowest BCUT2D eigenvalue weighted by atomic mass is 9.86. The van der Waals surface area contributed by atoms with E-state index >= 15 is 0 Å². The van der Waals surface area contributed by atoms with Gasteiger partial charge in [-0.1, -0.05) is 22.9 Å². The number of rotatable bonds is 4. The van der Waals surface area contributed by atoms with Gasteiger partial charge in [0.05, 0.1) is 0 Å². The second-order valence-electron chi connectivity index (χ2n) is 4.40. The monoisotopic (exact) mass is 297 g/mol. The summed E-state index contributed by atoms with van der Waals surface area (Å²) < 4.78 is 25.8. The summed E-state index contributed by atoms with van der Waals surface area (Å²) in [6, 6.07) is 0.106. The van der Waals surface area contributed by atoms with Crippen LogP contribution in [0.1, 0.15) is 39.0 Å². The molecule has 0 aromatic heterocycles. The fourth-order valence-corrected chi connectivity index (χ4v) is 2.49. The van der Waals surface area contributed by atoms with Gasteiger partial charge in [0.15, 0.2) is 0 Å². The van der Waals surface area contributed by atoms with Gasteiger partial charge >= 0.3 is 0 Å². The van der Waals surface area contributed by atoms with E-state index in [4.69, 9.17) is 0 Å². The third-order valence-corrected chi connectivity index (χ3v) is 3.89. The maximum absolute atomic E-state index is 12.9. The summed E-state index contributed by atoms with van der Waals surface area (Å²) in [6.45, 7) is 1.99. The van der Waals surface area contributed by atoms with E-state index in [1.165, 1.54) is 0 Å². The predicted molar refractivity (Wildman–Crippen MR) is 62.9 cm³/mol. The second kappa shape index (κ2) is 5.94. The number of carbonyl (C=O) groups is 1. The predicted octanol–water partition coefficient (Wildman–Crippen LogP) is 3.10. The fraction of sp³-hybridized carbons (Fsp3) is 0.909. The average Bonchev–Trinajstić information content (AvgIpc) is 2.25. The molecule has 16 heavy (non-hydrogen) atoms. The Morgan fingerprint density at radius 1 is 1.50 bits per heavy atom. The number of halogens is 3. The van der Waals surface area contributed by atoms with Gasteiger partial charge in [0.1, 0.15) is 0 Å². The maximum Gasteiger partial charge on any atom is 0.248 e. The SMILES string of the molecule is CCC(CBr)NC(=O)C1CCC(F)(F)CC1. The average molecular weight is 298 g/mol. The first-order valence-electron chi connectivity index (χ1n) is 5.72. The van der Waals surface area contributed by atoms with Gasteiger partial charge in [-0.05, 0) is 19.3 Å². The Labute approximate surface area is 103 Å². The van der Waals surface area contributed by atoms with Crippen LogP contribution in [0.5, 0.6) is 0 Å². The van der Waals surface area contributed by atoms with Crippen molar-refractivity contribution in [1.29, 1.82) is 0 Å². The summed E-state index contributed by atoms with van der Waals surface area (Å²) in [5, 5.41) is 3.59. The highest BCUT2D eigenvalue weighted by atomic mass is 79.9. The molecule has 1 saturated carbocycles. The van der Waals surface area contributed by atoms with Gasteiger partial charge in [-0.25, -0.2) is 8.78 Å². The lowest BCUT2D eigenvalue weighted by molar-refractivity contribution is -0.129. The van der Waals surface area contributed by atoms with E-state index in [0.29, 0.717) is 18.2 Å². The Hall–Kier alpha value is -0.190. The van der Waals surface area contributed by atoms with Crippen molar-refractivity contribution in [3.8, 4) is 0 Å². The third-order valence-electron chi connectivity index (χ3n) is 3.11. The van der Waals surface area contributed by atoms with Crippen LogP contribution in [0, 0.1) is 5.92 Å². The Balaban J connectivity index is 2.38. The summed E-state index contributed by atoms with van der Waals surface area (Å²) >= 11 is 3.31. The number of carbonyl (C=O) groups excluding carboxylic acids is 1. The van der Waals surface area contributed by atoms with E-state index in [-0.39, 0.29) is 30.7 Å². The zero-order valence-corrected chi connectivity index (χ0v) is 11.0. The zero-order valence-electron chi connectivity index (χ0n) is 9.44. The zero-order chi connectivity index (χ0) is 12.2. The van der Waals surface area contributed by atoms with Crippen molar-refractivity contribution in [3.63, 3.8) is 0 Å². The molecule has 1 aliphatic rings. The van der Waals surface area contributed by atoms with Gasteiger partial charge in [0, 0.05) is 30.1 Å². The minimum atomic E-state index is -2.56. The van der Waals surface area contributed by atoms with E-state index in [1.54, 1.807) is 0 Å². The Morgan fingerprint density at radius 3 is 2.50 bits per heavy atom. The van der Waals surface area contributed by atoms with Crippen molar-refractivity contribution in [2.24, 2.45) is 5.92 Å². The topological polar surface area (TPSA) is 29.1 Å². The van der Waals surface area contributed by atoms with E-state index in [0.717, 1.165) is 6.42 Å². The van der Waals surface area contributed by atoms with Crippen LogP contribution in [-0.2, 0) is 4.79 Å². The van der Waals surface area contributed by atoms with Crippen LogP contribution in [0.4, 0.5) is 8.78 Å². The van der Waals surface area contributed by atoms with Crippen molar-refractivity contribution in [2.45, 2.75) is 51.0 Å². The largest absolute Gasteiger partial charge is 0.352 e. The maximum atomic E-state index is 12.9. The second-order valence-corrected chi connectivity index (χ2v) is 5.05. The molecular formula is C11H18BrF2NO. The number of hydrogen-bond donors (Lipinski definition) is 1. The van der Waals surface area contributed by atoms with E-state index < -0.39 is 5.92 Å². The van der Waals surface area contributed by atoms with Crippen molar-refractivity contribution < 1.29 is 13.6 Å². The lowest BCUT2D eigenvalue weighted by Gasteiger charge is -2.28. The van der Waals surface area contributed by atoms with Crippen LogP contribution >= 0.6 is 15.9 Å². The van der Waals surface area contributed by atoms with Gasteiger partial charge in [-0.3, -0.25) is 4.79 Å². The Morgan fingerprint density at radius 2 is 2.06 bits per heavy atom. The van der Waals surface area contributed by atoms with Crippen LogP contribution in [0.25, 0.3) is 0 Å². The summed E-state index contributed by atoms with van der Waals surface area (Å²) in [5.41, 5.74) is 0. The molecule has 1 unspecified atom stereocenters. The van der Waals surface area contributed by atoms with Gasteiger partial charge in [-0.15, -0.1) is 0 Å². The van der Waals surface area contributed by atoms with Crippen molar-refractivity contribution in [2.75, 3.05) is 5.33 Å². The molecule has 5 heteroatoms. The molecule has 1 fully saturated rings. The lowest BCUT2D eigenvalue weighted by Crippen LogP contribution is -2.41. The number of amides is 1. The number of hydrogen-bond acceptors (Lipinski definition) is 1. The highest BCUT2D eigenvalue weighted by Gasteiger charge is 2.37. The highest BCUT2D eigenvalue weighted by molar-refractivity contribution is 9.09. The third kappa shape index (κ3) is 4.00. The molecule has 94 valence electrons.